The van der Waals surface area contributed by atoms with E-state index in [0.29, 0.717) is 6.04 Å². The first-order valence-corrected chi connectivity index (χ1v) is 7.27. The maximum atomic E-state index is 6.07. The number of nitrogens with two attached hydrogens (primary N) is 1. The van der Waals surface area contributed by atoms with Crippen LogP contribution in [0.1, 0.15) is 20.8 Å². The van der Waals surface area contributed by atoms with Gasteiger partial charge in [0.15, 0.2) is 0 Å². The predicted octanol–water partition coefficient (Wildman–Crippen LogP) is 2.55. The highest BCUT2D eigenvalue weighted by Crippen LogP contribution is 2.21. The fourth-order valence-electron chi connectivity index (χ4n) is 1.76. The van der Waals surface area contributed by atoms with Crippen LogP contribution in [0, 0.1) is 5.41 Å². The smallest absolute Gasteiger partial charge is 0.0633 e. The molecule has 0 heterocycles. The lowest BCUT2D eigenvalue weighted by molar-refractivity contribution is 0.199. The highest BCUT2D eigenvalue weighted by atomic mass is 32.2. The molecule has 0 fully saturated rings. The van der Waals surface area contributed by atoms with Gasteiger partial charge in [0.05, 0.1) is 5.88 Å². The van der Waals surface area contributed by atoms with Crippen LogP contribution < -0.4 is 11.2 Å². The molecule has 1 aromatic carbocycles. The molecule has 0 aromatic heterocycles. The van der Waals surface area contributed by atoms with E-state index in [-0.39, 0.29) is 5.41 Å². The summed E-state index contributed by atoms with van der Waals surface area (Å²) in [6.45, 7) is 7.53. The molecule has 0 saturated heterocycles. The van der Waals surface area contributed by atoms with Crippen molar-refractivity contribution in [1.82, 2.24) is 10.3 Å². The third-order valence-electron chi connectivity index (χ3n) is 2.95. The first-order chi connectivity index (χ1) is 8.43. The third-order valence-corrected chi connectivity index (χ3v) is 4.02. The molecule has 0 amide bonds. The van der Waals surface area contributed by atoms with Crippen LogP contribution >= 0.6 is 11.8 Å². The summed E-state index contributed by atoms with van der Waals surface area (Å²) >= 11 is 1.76. The van der Waals surface area contributed by atoms with Crippen LogP contribution in [0.3, 0.4) is 0 Å². The van der Waals surface area contributed by atoms with Crippen molar-refractivity contribution >= 4 is 11.8 Å². The number of nitrogens with one attached hydrogen (secondary N) is 1. The van der Waals surface area contributed by atoms with Crippen LogP contribution in [-0.4, -0.2) is 30.5 Å². The van der Waals surface area contributed by atoms with Crippen molar-refractivity contribution in [3.63, 3.8) is 0 Å². The highest BCUT2D eigenvalue weighted by molar-refractivity contribution is 7.99. The Morgan fingerprint density at radius 2 is 1.89 bits per heavy atom. The molecule has 1 unspecified atom stereocenters. The van der Waals surface area contributed by atoms with Gasteiger partial charge in [-0.05, 0) is 24.6 Å². The molecule has 1 aromatic rings. The normalized spacial score (nSPS) is 13.9. The summed E-state index contributed by atoms with van der Waals surface area (Å²) in [4.78, 5) is 1.25. The van der Waals surface area contributed by atoms with Crippen molar-refractivity contribution in [3.8, 4) is 0 Å². The van der Waals surface area contributed by atoms with Crippen LogP contribution in [0.4, 0.5) is 0 Å². The lowest BCUT2D eigenvalue weighted by Gasteiger charge is -2.33. The Balaban J connectivity index is 2.39. The monoisotopic (exact) mass is 267 g/mol. The van der Waals surface area contributed by atoms with Gasteiger partial charge in [-0.15, -0.1) is 11.8 Å². The Labute approximate surface area is 115 Å². The molecule has 0 bridgehead atoms. The van der Waals surface area contributed by atoms with Gasteiger partial charge in [0.25, 0.3) is 0 Å². The molecule has 3 N–H and O–H groups in total. The zero-order valence-corrected chi connectivity index (χ0v) is 12.6. The second kappa shape index (κ2) is 7.14. The van der Waals surface area contributed by atoms with Crippen molar-refractivity contribution in [2.75, 3.05) is 19.5 Å². The summed E-state index contributed by atoms with van der Waals surface area (Å²) < 4.78 is 0. The lowest BCUT2D eigenvalue weighted by Crippen LogP contribution is -2.49. The second-order valence-electron chi connectivity index (χ2n) is 5.57. The van der Waals surface area contributed by atoms with Gasteiger partial charge in [-0.3, -0.25) is 5.84 Å². The Morgan fingerprint density at radius 1 is 1.28 bits per heavy atom. The highest BCUT2D eigenvalue weighted by Gasteiger charge is 2.24. The van der Waals surface area contributed by atoms with Crippen molar-refractivity contribution in [2.45, 2.75) is 31.7 Å². The van der Waals surface area contributed by atoms with E-state index in [1.54, 1.807) is 11.8 Å². The second-order valence-corrected chi connectivity index (χ2v) is 6.58. The van der Waals surface area contributed by atoms with Gasteiger partial charge >= 0.3 is 0 Å². The topological polar surface area (TPSA) is 41.3 Å². The molecule has 0 spiro atoms. The summed E-state index contributed by atoms with van der Waals surface area (Å²) in [5.74, 6) is 6.87. The summed E-state index contributed by atoms with van der Waals surface area (Å²) in [6.07, 6.45) is 0. The number of rotatable bonds is 6. The maximum Gasteiger partial charge on any atom is 0.0633 e. The first kappa shape index (κ1) is 15.5. The Kier molecular flexibility index (Phi) is 6.15. The molecule has 0 radical (unpaired) electrons. The zero-order chi connectivity index (χ0) is 13.6. The molecule has 0 aliphatic heterocycles. The fraction of sp³-hybridized carbons (Fsp3) is 0.571. The van der Waals surface area contributed by atoms with Gasteiger partial charge in [-0.2, -0.15) is 0 Å². The van der Waals surface area contributed by atoms with E-state index < -0.39 is 0 Å². The van der Waals surface area contributed by atoms with Crippen LogP contribution in [0.5, 0.6) is 0 Å². The molecular formula is C14H25N3S. The lowest BCUT2D eigenvalue weighted by atomic mass is 9.87. The first-order valence-electron chi connectivity index (χ1n) is 6.28. The molecule has 4 heteroatoms. The minimum atomic E-state index is 0.212. The summed E-state index contributed by atoms with van der Waals surface area (Å²) in [7, 11) is 1.99. The van der Waals surface area contributed by atoms with Crippen molar-refractivity contribution in [2.24, 2.45) is 11.3 Å². The Hall–Kier alpha value is -0.550. The molecular weight excluding hydrogens is 242 g/mol. The van der Waals surface area contributed by atoms with Gasteiger partial charge in [-0.1, -0.05) is 39.0 Å². The predicted molar refractivity (Wildman–Crippen MR) is 80.4 cm³/mol. The maximum absolute atomic E-state index is 6.07. The van der Waals surface area contributed by atoms with Crippen molar-refractivity contribution < 1.29 is 0 Å². The molecule has 3 nitrogen and oxygen atoms in total. The number of hydrogen-bond acceptors (Lipinski definition) is 4. The number of hydrazine groups is 1. The van der Waals surface area contributed by atoms with E-state index in [1.165, 1.54) is 4.90 Å². The number of likely N-dealkylation sites (N-methyl/N-ethyl adjacent to an activating group) is 1. The summed E-state index contributed by atoms with van der Waals surface area (Å²) in [6, 6.07) is 10.7. The zero-order valence-electron chi connectivity index (χ0n) is 11.8. The van der Waals surface area contributed by atoms with E-state index in [9.17, 15) is 0 Å². The van der Waals surface area contributed by atoms with Crippen LogP contribution in [0.2, 0.25) is 0 Å². The van der Waals surface area contributed by atoms with Gasteiger partial charge in [-0.25, -0.2) is 5.01 Å². The van der Waals surface area contributed by atoms with Crippen molar-refractivity contribution in [3.05, 3.63) is 30.3 Å². The Morgan fingerprint density at radius 3 is 2.39 bits per heavy atom. The average molecular weight is 267 g/mol. The molecule has 1 rings (SSSR count). The quantitative estimate of drug-likeness (QED) is 0.360. The van der Waals surface area contributed by atoms with E-state index >= 15 is 0 Å². The average Bonchev–Trinajstić information content (AvgIpc) is 2.33. The van der Waals surface area contributed by atoms with Gasteiger partial charge in [0.1, 0.15) is 0 Å². The largest absolute Gasteiger partial charge is 0.315 e. The van der Waals surface area contributed by atoms with E-state index in [2.05, 4.69) is 50.4 Å². The minimum Gasteiger partial charge on any atom is -0.315 e. The molecule has 1 atom stereocenters. The third kappa shape index (κ3) is 5.40. The fourth-order valence-corrected chi connectivity index (χ4v) is 2.53. The van der Waals surface area contributed by atoms with Crippen LogP contribution in [-0.2, 0) is 0 Å². The minimum absolute atomic E-state index is 0.212. The van der Waals surface area contributed by atoms with E-state index in [4.69, 9.17) is 5.84 Å². The molecule has 18 heavy (non-hydrogen) atoms. The molecule has 102 valence electrons. The van der Waals surface area contributed by atoms with Crippen LogP contribution in [0.25, 0.3) is 0 Å². The number of benzene rings is 1. The number of hydrogen-bond donors (Lipinski definition) is 2. The van der Waals surface area contributed by atoms with Gasteiger partial charge in [0.2, 0.25) is 0 Å². The standard InChI is InChI=1S/C14H25N3S/c1-14(2,3)13(16-4)10-17(15)11-18-12-8-6-5-7-9-12/h5-9,13,16H,10-11,15H2,1-4H3. The SMILES string of the molecule is CNC(CN(N)CSc1ccccc1)C(C)(C)C. The van der Waals surface area contributed by atoms with Crippen LogP contribution in [0.15, 0.2) is 35.2 Å². The van der Waals surface area contributed by atoms with Crippen molar-refractivity contribution in [1.29, 1.82) is 0 Å². The van der Waals surface area contributed by atoms with E-state index in [0.717, 1.165) is 12.4 Å². The summed E-state index contributed by atoms with van der Waals surface area (Å²) in [5.41, 5.74) is 0.212. The van der Waals surface area contributed by atoms with Gasteiger partial charge in [0, 0.05) is 17.5 Å². The Bertz CT molecular complexity index is 335. The van der Waals surface area contributed by atoms with Gasteiger partial charge < -0.3 is 5.32 Å². The molecule has 0 aliphatic carbocycles. The molecule has 0 saturated carbocycles. The number of nitrogens with zero attached hydrogens (tertiary/aromatic N) is 1. The number of thioether (sulfide) groups is 1. The summed E-state index contributed by atoms with van der Waals surface area (Å²) in [5, 5.41) is 5.22. The van der Waals surface area contributed by atoms with E-state index in [1.807, 2.05) is 18.1 Å². The molecule has 0 aliphatic rings.